The average molecular weight is 526 g/mol. The topological polar surface area (TPSA) is 49.8 Å². The van der Waals surface area contributed by atoms with Crippen molar-refractivity contribution in [2.75, 3.05) is 27.2 Å². The zero-order chi connectivity index (χ0) is 19.3. The highest BCUT2D eigenvalue weighted by molar-refractivity contribution is 14.0. The van der Waals surface area contributed by atoms with Gasteiger partial charge in [-0.15, -0.1) is 35.3 Å². The second-order valence-electron chi connectivity index (χ2n) is 7.72. The summed E-state index contributed by atoms with van der Waals surface area (Å²) >= 11 is 1.88. The summed E-state index contributed by atoms with van der Waals surface area (Å²) in [5.41, 5.74) is 2.60. The van der Waals surface area contributed by atoms with Crippen molar-refractivity contribution in [2.45, 2.75) is 44.8 Å². The molecular weight excluding hydrogens is 495 g/mol. The Morgan fingerprint density at radius 3 is 2.83 bits per heavy atom. The van der Waals surface area contributed by atoms with E-state index in [0.29, 0.717) is 5.92 Å². The molecule has 1 aromatic carbocycles. The van der Waals surface area contributed by atoms with Crippen molar-refractivity contribution in [1.29, 1.82) is 0 Å². The number of aromatic nitrogens is 1. The van der Waals surface area contributed by atoms with Crippen LogP contribution in [0.25, 0.3) is 0 Å². The van der Waals surface area contributed by atoms with E-state index < -0.39 is 0 Å². The SMILES string of the molecule is CN=C(NCC1CCOC1c1ccccc1)N(C)Cc1nc2c(s1)CCCC2.I. The lowest BCUT2D eigenvalue weighted by molar-refractivity contribution is 0.0914. The van der Waals surface area contributed by atoms with Gasteiger partial charge in [0, 0.05) is 38.0 Å². The molecule has 4 rings (SSSR count). The lowest BCUT2D eigenvalue weighted by atomic mass is 9.95. The summed E-state index contributed by atoms with van der Waals surface area (Å²) in [4.78, 5) is 13.0. The third kappa shape index (κ3) is 5.49. The number of aryl methyl sites for hydroxylation is 2. The Bertz CT molecular complexity index is 787. The Morgan fingerprint density at radius 1 is 1.28 bits per heavy atom. The van der Waals surface area contributed by atoms with E-state index in [1.807, 2.05) is 18.4 Å². The molecule has 158 valence electrons. The van der Waals surface area contributed by atoms with Crippen molar-refractivity contribution >= 4 is 41.3 Å². The molecule has 1 N–H and O–H groups in total. The van der Waals surface area contributed by atoms with Gasteiger partial charge < -0.3 is 15.0 Å². The van der Waals surface area contributed by atoms with Crippen molar-refractivity contribution in [1.82, 2.24) is 15.2 Å². The number of halogens is 1. The standard InChI is InChI=1S/C22H30N4OS.HI/c1-23-22(26(2)15-20-25-18-10-6-7-11-19(18)28-20)24-14-17-12-13-27-21(17)16-8-4-3-5-9-16;/h3-5,8-9,17,21H,6-7,10-15H2,1-2H3,(H,23,24);1H. The number of rotatable bonds is 5. The summed E-state index contributed by atoms with van der Waals surface area (Å²) in [5, 5.41) is 4.76. The second-order valence-corrected chi connectivity index (χ2v) is 8.89. The molecule has 2 atom stereocenters. The van der Waals surface area contributed by atoms with Crippen LogP contribution in [0.3, 0.4) is 0 Å². The van der Waals surface area contributed by atoms with Gasteiger partial charge >= 0.3 is 0 Å². The van der Waals surface area contributed by atoms with Crippen LogP contribution in [-0.4, -0.2) is 43.1 Å². The van der Waals surface area contributed by atoms with E-state index >= 15 is 0 Å². The van der Waals surface area contributed by atoms with Crippen molar-refractivity contribution < 1.29 is 4.74 Å². The first kappa shape index (κ1) is 22.5. The quantitative estimate of drug-likeness (QED) is 0.356. The predicted molar refractivity (Wildman–Crippen MR) is 130 cm³/mol. The van der Waals surface area contributed by atoms with Crippen molar-refractivity contribution in [3.05, 3.63) is 51.5 Å². The number of benzene rings is 1. The molecule has 0 radical (unpaired) electrons. The van der Waals surface area contributed by atoms with Gasteiger partial charge in [-0.05, 0) is 37.7 Å². The molecule has 0 spiro atoms. The fraction of sp³-hybridized carbons (Fsp3) is 0.545. The smallest absolute Gasteiger partial charge is 0.193 e. The summed E-state index contributed by atoms with van der Waals surface area (Å²) < 4.78 is 6.02. The molecule has 2 aromatic rings. The molecule has 1 fully saturated rings. The van der Waals surface area contributed by atoms with E-state index in [1.54, 1.807) is 0 Å². The first-order chi connectivity index (χ1) is 13.7. The fourth-order valence-electron chi connectivity index (χ4n) is 4.21. The number of hydrogen-bond acceptors (Lipinski definition) is 4. The van der Waals surface area contributed by atoms with Crippen LogP contribution in [0.1, 0.15) is 46.5 Å². The normalized spacial score (nSPS) is 21.4. The van der Waals surface area contributed by atoms with E-state index in [1.165, 1.54) is 40.4 Å². The third-order valence-electron chi connectivity index (χ3n) is 5.70. The highest BCUT2D eigenvalue weighted by Crippen LogP contribution is 2.34. The Morgan fingerprint density at radius 2 is 2.07 bits per heavy atom. The minimum atomic E-state index is 0. The molecule has 5 nitrogen and oxygen atoms in total. The van der Waals surface area contributed by atoms with Gasteiger partial charge in [-0.3, -0.25) is 4.99 Å². The molecule has 1 aromatic heterocycles. The number of hydrogen-bond donors (Lipinski definition) is 1. The molecule has 0 saturated carbocycles. The number of fused-ring (bicyclic) bond motifs is 1. The summed E-state index contributed by atoms with van der Waals surface area (Å²) in [6.45, 7) is 2.50. The number of nitrogens with one attached hydrogen (secondary N) is 1. The molecule has 0 bridgehead atoms. The Balaban J connectivity index is 0.00000240. The van der Waals surface area contributed by atoms with Crippen LogP contribution in [-0.2, 0) is 24.1 Å². The van der Waals surface area contributed by atoms with Crippen molar-refractivity contribution in [2.24, 2.45) is 10.9 Å². The van der Waals surface area contributed by atoms with E-state index in [-0.39, 0.29) is 30.1 Å². The Labute approximate surface area is 195 Å². The van der Waals surface area contributed by atoms with Gasteiger partial charge in [0.25, 0.3) is 0 Å². The number of thiazole rings is 1. The Hall–Kier alpha value is -1.19. The van der Waals surface area contributed by atoms with E-state index in [2.05, 4.69) is 52.6 Å². The summed E-state index contributed by atoms with van der Waals surface area (Å²) in [6.07, 6.45) is 6.17. The molecule has 1 aliphatic heterocycles. The second kappa shape index (κ2) is 10.7. The molecular formula is C22H31IN4OS. The van der Waals surface area contributed by atoms with Gasteiger partial charge in [0.05, 0.1) is 18.3 Å². The third-order valence-corrected chi connectivity index (χ3v) is 6.84. The van der Waals surface area contributed by atoms with Crippen LogP contribution in [0.5, 0.6) is 0 Å². The molecule has 29 heavy (non-hydrogen) atoms. The molecule has 2 unspecified atom stereocenters. The van der Waals surface area contributed by atoms with E-state index in [0.717, 1.165) is 38.5 Å². The molecule has 1 aliphatic carbocycles. The van der Waals surface area contributed by atoms with Crippen LogP contribution in [0.4, 0.5) is 0 Å². The maximum Gasteiger partial charge on any atom is 0.193 e. The number of aliphatic imine (C=N–C) groups is 1. The first-order valence-electron chi connectivity index (χ1n) is 10.3. The van der Waals surface area contributed by atoms with Gasteiger partial charge in [0.1, 0.15) is 5.01 Å². The molecule has 7 heteroatoms. The highest BCUT2D eigenvalue weighted by atomic mass is 127. The van der Waals surface area contributed by atoms with Crippen LogP contribution in [0.2, 0.25) is 0 Å². The minimum absolute atomic E-state index is 0. The molecule has 1 saturated heterocycles. The van der Waals surface area contributed by atoms with E-state index in [9.17, 15) is 0 Å². The number of guanidine groups is 1. The van der Waals surface area contributed by atoms with E-state index in [4.69, 9.17) is 9.72 Å². The van der Waals surface area contributed by atoms with Gasteiger partial charge in [-0.2, -0.15) is 0 Å². The monoisotopic (exact) mass is 526 g/mol. The first-order valence-corrected chi connectivity index (χ1v) is 11.1. The number of nitrogens with zero attached hydrogens (tertiary/aromatic N) is 3. The lowest BCUT2D eigenvalue weighted by Gasteiger charge is -2.24. The predicted octanol–water partition coefficient (Wildman–Crippen LogP) is 4.42. The van der Waals surface area contributed by atoms with Crippen LogP contribution in [0.15, 0.2) is 35.3 Å². The van der Waals surface area contributed by atoms with Crippen LogP contribution in [0, 0.1) is 5.92 Å². The lowest BCUT2D eigenvalue weighted by Crippen LogP contribution is -2.41. The van der Waals surface area contributed by atoms with Gasteiger partial charge in [-0.25, -0.2) is 4.98 Å². The highest BCUT2D eigenvalue weighted by Gasteiger charge is 2.29. The van der Waals surface area contributed by atoms with Crippen molar-refractivity contribution in [3.63, 3.8) is 0 Å². The Kier molecular flexibility index (Phi) is 8.32. The van der Waals surface area contributed by atoms with Crippen LogP contribution >= 0.6 is 35.3 Å². The van der Waals surface area contributed by atoms with Gasteiger partial charge in [0.2, 0.25) is 0 Å². The summed E-state index contributed by atoms with van der Waals surface area (Å²) in [7, 11) is 3.95. The summed E-state index contributed by atoms with van der Waals surface area (Å²) in [6, 6.07) is 10.5. The van der Waals surface area contributed by atoms with Gasteiger partial charge in [-0.1, -0.05) is 30.3 Å². The maximum atomic E-state index is 6.02. The zero-order valence-electron chi connectivity index (χ0n) is 17.3. The summed E-state index contributed by atoms with van der Waals surface area (Å²) in [5.74, 6) is 1.38. The largest absolute Gasteiger partial charge is 0.373 e. The molecule has 0 amide bonds. The molecule has 2 heterocycles. The van der Waals surface area contributed by atoms with Gasteiger partial charge in [0.15, 0.2) is 5.96 Å². The fourth-order valence-corrected chi connectivity index (χ4v) is 5.42. The zero-order valence-corrected chi connectivity index (χ0v) is 20.4. The molecule has 2 aliphatic rings. The van der Waals surface area contributed by atoms with Crippen LogP contribution < -0.4 is 5.32 Å². The van der Waals surface area contributed by atoms with Crippen molar-refractivity contribution in [3.8, 4) is 0 Å². The minimum Gasteiger partial charge on any atom is -0.373 e. The number of ether oxygens (including phenoxy) is 1. The maximum absolute atomic E-state index is 6.02. The average Bonchev–Trinajstić information content (AvgIpc) is 3.35.